The minimum atomic E-state index is -0.221. The summed E-state index contributed by atoms with van der Waals surface area (Å²) in [6, 6.07) is -0.221. The standard InChI is InChI=1S/C14H22N2O2/c17-12-7-9-16(8-6-10-2-1-3-10)14(18)13(15-12)11-4-5-11/h10-11,13H,1-9H2,(H,15,17). The van der Waals surface area contributed by atoms with Gasteiger partial charge in [0.05, 0.1) is 0 Å². The average molecular weight is 250 g/mol. The van der Waals surface area contributed by atoms with Gasteiger partial charge in [0, 0.05) is 19.5 Å². The van der Waals surface area contributed by atoms with E-state index >= 15 is 0 Å². The molecule has 0 spiro atoms. The Morgan fingerprint density at radius 1 is 1.17 bits per heavy atom. The zero-order valence-electron chi connectivity index (χ0n) is 10.9. The van der Waals surface area contributed by atoms with E-state index in [4.69, 9.17) is 0 Å². The number of hydrogen-bond donors (Lipinski definition) is 1. The van der Waals surface area contributed by atoms with Crippen molar-refractivity contribution in [2.75, 3.05) is 13.1 Å². The molecule has 100 valence electrons. The van der Waals surface area contributed by atoms with Gasteiger partial charge in [0.1, 0.15) is 6.04 Å². The fourth-order valence-corrected chi connectivity index (χ4v) is 2.94. The van der Waals surface area contributed by atoms with Gasteiger partial charge in [0.25, 0.3) is 0 Å². The van der Waals surface area contributed by atoms with E-state index in [9.17, 15) is 9.59 Å². The van der Waals surface area contributed by atoms with Crippen molar-refractivity contribution in [3.05, 3.63) is 0 Å². The molecule has 0 aromatic heterocycles. The highest BCUT2D eigenvalue weighted by Gasteiger charge is 2.40. The number of rotatable bonds is 4. The molecule has 3 fully saturated rings. The Morgan fingerprint density at radius 2 is 1.94 bits per heavy atom. The molecule has 1 saturated heterocycles. The molecule has 18 heavy (non-hydrogen) atoms. The van der Waals surface area contributed by atoms with Gasteiger partial charge in [0.15, 0.2) is 0 Å². The first-order chi connectivity index (χ1) is 8.74. The molecule has 1 aliphatic heterocycles. The van der Waals surface area contributed by atoms with Crippen LogP contribution in [0.1, 0.15) is 44.9 Å². The molecule has 4 nitrogen and oxygen atoms in total. The second-order valence-electron chi connectivity index (χ2n) is 6.04. The second-order valence-corrected chi connectivity index (χ2v) is 6.04. The fourth-order valence-electron chi connectivity index (χ4n) is 2.94. The largest absolute Gasteiger partial charge is 0.344 e. The number of nitrogens with zero attached hydrogens (tertiary/aromatic N) is 1. The normalized spacial score (nSPS) is 29.8. The first-order valence-corrected chi connectivity index (χ1v) is 7.32. The monoisotopic (exact) mass is 250 g/mol. The molecular formula is C14H22N2O2. The first kappa shape index (κ1) is 12.0. The van der Waals surface area contributed by atoms with Crippen molar-refractivity contribution in [1.82, 2.24) is 10.2 Å². The van der Waals surface area contributed by atoms with Crippen molar-refractivity contribution < 1.29 is 9.59 Å². The van der Waals surface area contributed by atoms with Gasteiger partial charge in [0.2, 0.25) is 11.8 Å². The highest BCUT2D eigenvalue weighted by atomic mass is 16.2. The summed E-state index contributed by atoms with van der Waals surface area (Å²) < 4.78 is 0. The van der Waals surface area contributed by atoms with Crippen LogP contribution in [0.15, 0.2) is 0 Å². The lowest BCUT2D eigenvalue weighted by Crippen LogP contribution is -2.46. The van der Waals surface area contributed by atoms with Crippen LogP contribution in [0.2, 0.25) is 0 Å². The molecule has 1 atom stereocenters. The number of carbonyl (C=O) groups is 2. The zero-order chi connectivity index (χ0) is 12.5. The van der Waals surface area contributed by atoms with Crippen molar-refractivity contribution in [1.29, 1.82) is 0 Å². The van der Waals surface area contributed by atoms with Crippen LogP contribution in [0.4, 0.5) is 0 Å². The lowest BCUT2D eigenvalue weighted by Gasteiger charge is -2.29. The molecule has 1 unspecified atom stereocenters. The molecule has 4 heteroatoms. The van der Waals surface area contributed by atoms with E-state index in [0.29, 0.717) is 18.9 Å². The Morgan fingerprint density at radius 3 is 2.56 bits per heavy atom. The van der Waals surface area contributed by atoms with Crippen LogP contribution in [-0.4, -0.2) is 35.8 Å². The maximum absolute atomic E-state index is 12.4. The minimum Gasteiger partial charge on any atom is -0.344 e. The number of nitrogens with one attached hydrogen (secondary N) is 1. The van der Waals surface area contributed by atoms with Gasteiger partial charge in [-0.1, -0.05) is 19.3 Å². The number of carbonyl (C=O) groups excluding carboxylic acids is 2. The van der Waals surface area contributed by atoms with E-state index in [2.05, 4.69) is 5.32 Å². The highest BCUT2D eigenvalue weighted by Crippen LogP contribution is 2.34. The zero-order valence-corrected chi connectivity index (χ0v) is 10.9. The van der Waals surface area contributed by atoms with Gasteiger partial charge in [-0.2, -0.15) is 0 Å². The average Bonchev–Trinajstić information content (AvgIpc) is 3.10. The molecule has 0 bridgehead atoms. The Hall–Kier alpha value is -1.06. The summed E-state index contributed by atoms with van der Waals surface area (Å²) in [5, 5.41) is 2.91. The maximum Gasteiger partial charge on any atom is 0.245 e. The van der Waals surface area contributed by atoms with Crippen LogP contribution in [0, 0.1) is 11.8 Å². The van der Waals surface area contributed by atoms with E-state index in [0.717, 1.165) is 31.7 Å². The lowest BCUT2D eigenvalue weighted by atomic mass is 9.83. The molecule has 0 aromatic carbocycles. The minimum absolute atomic E-state index is 0.0476. The molecule has 3 aliphatic rings. The van der Waals surface area contributed by atoms with Gasteiger partial charge in [-0.25, -0.2) is 0 Å². The van der Waals surface area contributed by atoms with Crippen molar-refractivity contribution in [2.24, 2.45) is 11.8 Å². The predicted octanol–water partition coefficient (Wildman–Crippen LogP) is 1.30. The third-order valence-electron chi connectivity index (χ3n) is 4.63. The van der Waals surface area contributed by atoms with Crippen LogP contribution in [0.5, 0.6) is 0 Å². The van der Waals surface area contributed by atoms with E-state index in [-0.39, 0.29) is 17.9 Å². The summed E-state index contributed by atoms with van der Waals surface area (Å²) in [7, 11) is 0. The molecular weight excluding hydrogens is 228 g/mol. The third-order valence-corrected chi connectivity index (χ3v) is 4.63. The van der Waals surface area contributed by atoms with Crippen LogP contribution in [-0.2, 0) is 9.59 Å². The SMILES string of the molecule is O=C1CCN(CCC2CCC2)C(=O)C(C2CC2)N1. The van der Waals surface area contributed by atoms with Gasteiger partial charge < -0.3 is 10.2 Å². The Kier molecular flexibility index (Phi) is 3.27. The first-order valence-electron chi connectivity index (χ1n) is 7.32. The smallest absolute Gasteiger partial charge is 0.245 e. The summed E-state index contributed by atoms with van der Waals surface area (Å²) in [4.78, 5) is 26.0. The van der Waals surface area contributed by atoms with Crippen LogP contribution >= 0.6 is 0 Å². The Balaban J connectivity index is 1.59. The van der Waals surface area contributed by atoms with Gasteiger partial charge in [-0.05, 0) is 31.1 Å². The molecule has 2 aliphatic carbocycles. The lowest BCUT2D eigenvalue weighted by molar-refractivity contribution is -0.134. The van der Waals surface area contributed by atoms with Gasteiger partial charge in [-0.15, -0.1) is 0 Å². The molecule has 1 heterocycles. The molecule has 2 saturated carbocycles. The number of amides is 2. The predicted molar refractivity (Wildman–Crippen MR) is 67.8 cm³/mol. The molecule has 0 radical (unpaired) electrons. The van der Waals surface area contributed by atoms with E-state index in [1.54, 1.807) is 0 Å². The van der Waals surface area contributed by atoms with Gasteiger partial charge in [-0.3, -0.25) is 9.59 Å². The van der Waals surface area contributed by atoms with E-state index in [1.807, 2.05) is 4.90 Å². The van der Waals surface area contributed by atoms with Crippen molar-refractivity contribution in [3.8, 4) is 0 Å². The van der Waals surface area contributed by atoms with Crippen LogP contribution in [0.3, 0.4) is 0 Å². The number of hydrogen-bond acceptors (Lipinski definition) is 2. The Bertz CT molecular complexity index is 348. The van der Waals surface area contributed by atoms with E-state index < -0.39 is 0 Å². The summed E-state index contributed by atoms with van der Waals surface area (Å²) in [6.45, 7) is 1.46. The fraction of sp³-hybridized carbons (Fsp3) is 0.857. The Labute approximate surface area is 108 Å². The van der Waals surface area contributed by atoms with Crippen molar-refractivity contribution >= 4 is 11.8 Å². The molecule has 2 amide bonds. The topological polar surface area (TPSA) is 49.4 Å². The van der Waals surface area contributed by atoms with Crippen molar-refractivity contribution in [3.63, 3.8) is 0 Å². The molecule has 3 rings (SSSR count). The summed E-state index contributed by atoms with van der Waals surface area (Å²) in [5.74, 6) is 1.45. The molecule has 0 aromatic rings. The quantitative estimate of drug-likeness (QED) is 0.817. The second kappa shape index (κ2) is 4.90. The molecule has 1 N–H and O–H groups in total. The van der Waals surface area contributed by atoms with Crippen LogP contribution in [0.25, 0.3) is 0 Å². The van der Waals surface area contributed by atoms with E-state index in [1.165, 1.54) is 19.3 Å². The van der Waals surface area contributed by atoms with Gasteiger partial charge >= 0.3 is 0 Å². The third kappa shape index (κ3) is 2.52. The van der Waals surface area contributed by atoms with Crippen molar-refractivity contribution in [2.45, 2.75) is 51.0 Å². The highest BCUT2D eigenvalue weighted by molar-refractivity contribution is 5.90. The van der Waals surface area contributed by atoms with Crippen LogP contribution < -0.4 is 5.32 Å². The summed E-state index contributed by atoms with van der Waals surface area (Å²) in [6.07, 6.45) is 7.77. The summed E-state index contributed by atoms with van der Waals surface area (Å²) in [5.41, 5.74) is 0. The summed E-state index contributed by atoms with van der Waals surface area (Å²) >= 11 is 0. The maximum atomic E-state index is 12.4.